The van der Waals surface area contributed by atoms with E-state index in [1.54, 1.807) is 6.07 Å². The number of nitrogens with zero attached hydrogens (tertiary/aromatic N) is 1. The number of carbonyl (C=O) groups excluding carboxylic acids is 1. The van der Waals surface area contributed by atoms with Crippen LogP contribution in [0.1, 0.15) is 10.4 Å². The zero-order valence-electron chi connectivity index (χ0n) is 9.26. The van der Waals surface area contributed by atoms with E-state index in [4.69, 9.17) is 0 Å². The van der Waals surface area contributed by atoms with E-state index in [1.807, 2.05) is 31.1 Å². The van der Waals surface area contributed by atoms with Gasteiger partial charge < -0.3 is 10.2 Å². The van der Waals surface area contributed by atoms with Crippen molar-refractivity contribution in [3.05, 3.63) is 32.7 Å². The molecule has 0 aliphatic heterocycles. The zero-order valence-corrected chi connectivity index (χ0v) is 12.4. The van der Waals surface area contributed by atoms with Crippen LogP contribution in [-0.2, 0) is 0 Å². The highest BCUT2D eigenvalue weighted by atomic mass is 79.9. The first kappa shape index (κ1) is 13.7. The molecule has 88 valence electrons. The van der Waals surface area contributed by atoms with Crippen LogP contribution in [0, 0.1) is 0 Å². The Morgan fingerprint density at radius 2 is 2.06 bits per heavy atom. The third-order valence-corrected chi connectivity index (χ3v) is 3.17. The summed E-state index contributed by atoms with van der Waals surface area (Å²) in [5, 5.41) is 2.86. The molecule has 0 heterocycles. The first-order valence-corrected chi connectivity index (χ1v) is 6.47. The van der Waals surface area contributed by atoms with E-state index >= 15 is 0 Å². The minimum atomic E-state index is -0.0544. The average Bonchev–Trinajstić information content (AvgIpc) is 2.16. The fourth-order valence-electron chi connectivity index (χ4n) is 1.16. The maximum Gasteiger partial charge on any atom is 0.252 e. The van der Waals surface area contributed by atoms with Gasteiger partial charge in [0.05, 0.1) is 5.56 Å². The predicted octanol–water partition coefficient (Wildman–Crippen LogP) is 2.50. The van der Waals surface area contributed by atoms with Crippen molar-refractivity contribution in [2.75, 3.05) is 27.2 Å². The fourth-order valence-corrected chi connectivity index (χ4v) is 2.39. The summed E-state index contributed by atoms with van der Waals surface area (Å²) in [6, 6.07) is 5.51. The lowest BCUT2D eigenvalue weighted by atomic mass is 10.2. The molecule has 0 aromatic heterocycles. The van der Waals surface area contributed by atoms with Crippen molar-refractivity contribution in [3.8, 4) is 0 Å². The van der Waals surface area contributed by atoms with Gasteiger partial charge in [-0.05, 0) is 48.2 Å². The Balaban J connectivity index is 2.59. The minimum absolute atomic E-state index is 0.0544. The van der Waals surface area contributed by atoms with Gasteiger partial charge in [-0.3, -0.25) is 4.79 Å². The SMILES string of the molecule is CN(C)CCNC(=O)c1ccc(Br)cc1Br. The Labute approximate surface area is 112 Å². The van der Waals surface area contributed by atoms with Gasteiger partial charge in [0.25, 0.3) is 5.91 Å². The summed E-state index contributed by atoms with van der Waals surface area (Å²) in [5.74, 6) is -0.0544. The second-order valence-corrected chi connectivity index (χ2v) is 5.45. The van der Waals surface area contributed by atoms with Crippen LogP contribution in [0.4, 0.5) is 0 Å². The van der Waals surface area contributed by atoms with E-state index in [9.17, 15) is 4.79 Å². The van der Waals surface area contributed by atoms with Gasteiger partial charge in [-0.25, -0.2) is 0 Å². The van der Waals surface area contributed by atoms with Gasteiger partial charge in [0.2, 0.25) is 0 Å². The van der Waals surface area contributed by atoms with Crippen LogP contribution >= 0.6 is 31.9 Å². The van der Waals surface area contributed by atoms with Crippen molar-refractivity contribution in [1.82, 2.24) is 10.2 Å². The standard InChI is InChI=1S/C11H14Br2N2O/c1-15(2)6-5-14-11(16)9-4-3-8(12)7-10(9)13/h3-4,7H,5-6H2,1-2H3,(H,14,16). The Bertz CT molecular complexity index is 380. The molecule has 0 unspecified atom stereocenters. The molecule has 1 aromatic carbocycles. The normalized spacial score (nSPS) is 10.6. The van der Waals surface area contributed by atoms with E-state index in [1.165, 1.54) is 0 Å². The molecule has 0 radical (unpaired) electrons. The molecule has 0 atom stereocenters. The lowest BCUT2D eigenvalue weighted by Gasteiger charge is -2.11. The molecule has 0 spiro atoms. The Hall–Kier alpha value is -0.390. The second kappa shape index (κ2) is 6.37. The van der Waals surface area contributed by atoms with Gasteiger partial charge in [-0.2, -0.15) is 0 Å². The number of amides is 1. The van der Waals surface area contributed by atoms with Crippen molar-refractivity contribution >= 4 is 37.8 Å². The number of hydrogen-bond acceptors (Lipinski definition) is 2. The summed E-state index contributed by atoms with van der Waals surface area (Å²) in [5.41, 5.74) is 0.655. The molecule has 5 heteroatoms. The summed E-state index contributed by atoms with van der Waals surface area (Å²) in [4.78, 5) is 13.8. The molecule has 0 bridgehead atoms. The topological polar surface area (TPSA) is 32.3 Å². The van der Waals surface area contributed by atoms with Crippen molar-refractivity contribution in [2.45, 2.75) is 0 Å². The fraction of sp³-hybridized carbons (Fsp3) is 0.364. The molecule has 3 nitrogen and oxygen atoms in total. The second-order valence-electron chi connectivity index (χ2n) is 3.68. The van der Waals surface area contributed by atoms with E-state index in [0.717, 1.165) is 15.5 Å². The number of likely N-dealkylation sites (N-methyl/N-ethyl adjacent to an activating group) is 1. The van der Waals surface area contributed by atoms with Crippen LogP contribution in [0.15, 0.2) is 27.1 Å². The number of benzene rings is 1. The van der Waals surface area contributed by atoms with E-state index in [-0.39, 0.29) is 5.91 Å². The number of halogens is 2. The molecule has 1 aromatic rings. The third kappa shape index (κ3) is 4.23. The maximum absolute atomic E-state index is 11.8. The molecule has 0 aliphatic rings. The van der Waals surface area contributed by atoms with Crippen LogP contribution in [0.2, 0.25) is 0 Å². The highest BCUT2D eigenvalue weighted by Gasteiger charge is 2.09. The van der Waals surface area contributed by atoms with E-state index < -0.39 is 0 Å². The van der Waals surface area contributed by atoms with Crippen molar-refractivity contribution in [2.24, 2.45) is 0 Å². The van der Waals surface area contributed by atoms with E-state index in [0.29, 0.717) is 12.1 Å². The van der Waals surface area contributed by atoms with Crippen molar-refractivity contribution < 1.29 is 4.79 Å². The van der Waals surface area contributed by atoms with Gasteiger partial charge >= 0.3 is 0 Å². The zero-order chi connectivity index (χ0) is 12.1. The molecule has 0 aliphatic carbocycles. The Morgan fingerprint density at radius 1 is 1.38 bits per heavy atom. The lowest BCUT2D eigenvalue weighted by Crippen LogP contribution is -2.31. The van der Waals surface area contributed by atoms with Crippen LogP contribution in [0.5, 0.6) is 0 Å². The summed E-state index contributed by atoms with van der Waals surface area (Å²) in [6.07, 6.45) is 0. The number of rotatable bonds is 4. The van der Waals surface area contributed by atoms with E-state index in [2.05, 4.69) is 37.2 Å². The van der Waals surface area contributed by atoms with Gasteiger partial charge in [-0.15, -0.1) is 0 Å². The molecule has 0 fully saturated rings. The molecular weight excluding hydrogens is 336 g/mol. The van der Waals surface area contributed by atoms with Gasteiger partial charge in [0.15, 0.2) is 0 Å². The molecule has 0 saturated heterocycles. The van der Waals surface area contributed by atoms with Crippen molar-refractivity contribution in [3.63, 3.8) is 0 Å². The summed E-state index contributed by atoms with van der Waals surface area (Å²) < 4.78 is 1.74. The highest BCUT2D eigenvalue weighted by molar-refractivity contribution is 9.11. The maximum atomic E-state index is 11.8. The molecular formula is C11H14Br2N2O. The van der Waals surface area contributed by atoms with Crippen LogP contribution < -0.4 is 5.32 Å². The predicted molar refractivity (Wildman–Crippen MR) is 72.7 cm³/mol. The molecule has 0 saturated carbocycles. The van der Waals surface area contributed by atoms with Gasteiger partial charge in [0, 0.05) is 22.0 Å². The Morgan fingerprint density at radius 3 is 2.62 bits per heavy atom. The summed E-state index contributed by atoms with van der Waals surface area (Å²) >= 11 is 6.72. The van der Waals surface area contributed by atoms with Crippen LogP contribution in [-0.4, -0.2) is 38.0 Å². The molecule has 1 N–H and O–H groups in total. The van der Waals surface area contributed by atoms with Crippen LogP contribution in [0.3, 0.4) is 0 Å². The monoisotopic (exact) mass is 348 g/mol. The van der Waals surface area contributed by atoms with Gasteiger partial charge in [-0.1, -0.05) is 15.9 Å². The number of nitrogens with one attached hydrogen (secondary N) is 1. The highest BCUT2D eigenvalue weighted by Crippen LogP contribution is 2.21. The van der Waals surface area contributed by atoms with Crippen LogP contribution in [0.25, 0.3) is 0 Å². The molecule has 1 rings (SSSR count). The van der Waals surface area contributed by atoms with Gasteiger partial charge in [0.1, 0.15) is 0 Å². The first-order valence-electron chi connectivity index (χ1n) is 4.88. The van der Waals surface area contributed by atoms with Crippen molar-refractivity contribution in [1.29, 1.82) is 0 Å². The lowest BCUT2D eigenvalue weighted by molar-refractivity contribution is 0.0950. The summed E-state index contributed by atoms with van der Waals surface area (Å²) in [7, 11) is 3.95. The smallest absolute Gasteiger partial charge is 0.252 e. The largest absolute Gasteiger partial charge is 0.351 e. The summed E-state index contributed by atoms with van der Waals surface area (Å²) in [6.45, 7) is 1.48. The molecule has 16 heavy (non-hydrogen) atoms. The third-order valence-electron chi connectivity index (χ3n) is 2.02. The number of hydrogen-bond donors (Lipinski definition) is 1. The quantitative estimate of drug-likeness (QED) is 0.905. The number of carbonyl (C=O) groups is 1. The Kier molecular flexibility index (Phi) is 5.44. The first-order chi connectivity index (χ1) is 7.50. The minimum Gasteiger partial charge on any atom is -0.351 e. The average molecular weight is 350 g/mol. The molecule has 1 amide bonds.